The highest BCUT2D eigenvalue weighted by Crippen LogP contribution is 2.81. The van der Waals surface area contributed by atoms with Crippen molar-refractivity contribution in [1.82, 2.24) is 0 Å². The molecule has 1 aliphatic heterocycles. The summed E-state index contributed by atoms with van der Waals surface area (Å²) in [5.41, 5.74) is 1.16. The lowest BCUT2D eigenvalue weighted by Crippen LogP contribution is -2.33. The summed E-state index contributed by atoms with van der Waals surface area (Å²) in [7, 11) is 0. The van der Waals surface area contributed by atoms with Crippen molar-refractivity contribution in [3.05, 3.63) is 0 Å². The third-order valence-electron chi connectivity index (χ3n) is 6.79. The van der Waals surface area contributed by atoms with Crippen molar-refractivity contribution in [1.29, 1.82) is 0 Å². The molecule has 6 atom stereocenters. The number of ether oxygens (including phenoxy) is 1. The zero-order chi connectivity index (χ0) is 11.3. The van der Waals surface area contributed by atoms with E-state index in [4.69, 9.17) is 4.74 Å². The van der Waals surface area contributed by atoms with Gasteiger partial charge in [0.25, 0.3) is 0 Å². The van der Waals surface area contributed by atoms with Crippen LogP contribution < -0.4 is 0 Å². The van der Waals surface area contributed by atoms with Crippen LogP contribution in [-0.4, -0.2) is 11.2 Å². The van der Waals surface area contributed by atoms with Gasteiger partial charge in [-0.15, -0.1) is 0 Å². The van der Waals surface area contributed by atoms with E-state index in [1.54, 1.807) is 0 Å². The van der Waals surface area contributed by atoms with Crippen molar-refractivity contribution in [3.63, 3.8) is 0 Å². The molecule has 0 aromatic carbocycles. The predicted octanol–water partition coefficient (Wildman–Crippen LogP) is 3.63. The second-order valence-electron chi connectivity index (χ2n) is 7.73. The molecule has 1 spiro atoms. The predicted molar refractivity (Wildman–Crippen MR) is 64.1 cm³/mol. The summed E-state index contributed by atoms with van der Waals surface area (Å²) in [6.45, 7) is 9.81. The second-order valence-corrected chi connectivity index (χ2v) is 7.73. The number of epoxide rings is 1. The smallest absolute Gasteiger partial charge is 0.104 e. The Morgan fingerprint density at radius 1 is 1.00 bits per heavy atom. The molecule has 3 aliphatic carbocycles. The fourth-order valence-corrected chi connectivity index (χ4v) is 5.82. The Balaban J connectivity index is 1.79. The third-order valence-corrected chi connectivity index (χ3v) is 6.79. The first kappa shape index (κ1) is 9.94. The maximum absolute atomic E-state index is 6.37. The van der Waals surface area contributed by atoms with E-state index in [0.29, 0.717) is 11.0 Å². The number of fused-ring (bicyclic) bond motifs is 1. The molecule has 90 valence electrons. The minimum Gasteiger partial charge on any atom is -0.362 e. The molecule has 0 aromatic heterocycles. The highest BCUT2D eigenvalue weighted by molar-refractivity contribution is 5.33. The minimum absolute atomic E-state index is 0.271. The summed E-state index contributed by atoms with van der Waals surface area (Å²) in [6, 6.07) is 0. The topological polar surface area (TPSA) is 12.5 Å². The Hall–Kier alpha value is -0.0400. The van der Waals surface area contributed by atoms with Crippen LogP contribution in [-0.2, 0) is 4.74 Å². The van der Waals surface area contributed by atoms with Crippen LogP contribution in [0, 0.1) is 29.1 Å². The molecular weight excluding hydrogens is 196 g/mol. The van der Waals surface area contributed by atoms with E-state index in [0.717, 1.165) is 23.7 Å². The average Bonchev–Trinajstić information content (AvgIpc) is 2.95. The average molecular weight is 220 g/mol. The SMILES string of the molecule is C[C@H]1CCC2[C@H](C2(C)C)C23OC2(C)CC[C@@H]13. The normalized spacial score (nSPS) is 65.2. The monoisotopic (exact) mass is 220 g/mol. The molecular formula is C15H24O. The summed E-state index contributed by atoms with van der Waals surface area (Å²) in [6.07, 6.45) is 5.64. The van der Waals surface area contributed by atoms with Gasteiger partial charge < -0.3 is 4.74 Å². The molecule has 3 unspecified atom stereocenters. The lowest BCUT2D eigenvalue weighted by atomic mass is 9.76. The number of hydrogen-bond acceptors (Lipinski definition) is 1. The van der Waals surface area contributed by atoms with Gasteiger partial charge in [0.05, 0.1) is 5.60 Å². The van der Waals surface area contributed by atoms with Crippen LogP contribution in [0.2, 0.25) is 0 Å². The molecule has 1 nitrogen and oxygen atoms in total. The van der Waals surface area contributed by atoms with Gasteiger partial charge >= 0.3 is 0 Å². The fraction of sp³-hybridized carbons (Fsp3) is 1.00. The first-order chi connectivity index (χ1) is 7.43. The van der Waals surface area contributed by atoms with Crippen molar-refractivity contribution in [2.75, 3.05) is 0 Å². The van der Waals surface area contributed by atoms with Gasteiger partial charge in [0.1, 0.15) is 5.60 Å². The third kappa shape index (κ3) is 0.805. The van der Waals surface area contributed by atoms with Gasteiger partial charge in [-0.25, -0.2) is 0 Å². The molecule has 1 heterocycles. The van der Waals surface area contributed by atoms with Crippen molar-refractivity contribution < 1.29 is 4.74 Å². The summed E-state index contributed by atoms with van der Waals surface area (Å²) in [4.78, 5) is 0. The van der Waals surface area contributed by atoms with Crippen molar-refractivity contribution >= 4 is 0 Å². The number of hydrogen-bond donors (Lipinski definition) is 0. The van der Waals surface area contributed by atoms with Gasteiger partial charge in [-0.3, -0.25) is 0 Å². The second kappa shape index (κ2) is 2.39. The molecule has 4 aliphatic rings. The largest absolute Gasteiger partial charge is 0.362 e. The quantitative estimate of drug-likeness (QED) is 0.568. The lowest BCUT2D eigenvalue weighted by molar-refractivity contribution is 0.112. The molecule has 1 saturated heterocycles. The van der Waals surface area contributed by atoms with Crippen LogP contribution in [0.1, 0.15) is 53.4 Å². The van der Waals surface area contributed by atoms with E-state index < -0.39 is 0 Å². The minimum atomic E-state index is 0.271. The maximum Gasteiger partial charge on any atom is 0.104 e. The van der Waals surface area contributed by atoms with Gasteiger partial charge in [0, 0.05) is 0 Å². The van der Waals surface area contributed by atoms with Gasteiger partial charge in [-0.2, -0.15) is 0 Å². The molecule has 0 aromatic rings. The van der Waals surface area contributed by atoms with Crippen LogP contribution >= 0.6 is 0 Å². The maximum atomic E-state index is 6.37. The Morgan fingerprint density at radius 2 is 1.75 bits per heavy atom. The highest BCUT2D eigenvalue weighted by atomic mass is 16.6. The van der Waals surface area contributed by atoms with Gasteiger partial charge in [0.15, 0.2) is 0 Å². The Bertz CT molecular complexity index is 360. The van der Waals surface area contributed by atoms with Crippen LogP contribution in [0.5, 0.6) is 0 Å². The highest BCUT2D eigenvalue weighted by Gasteiger charge is 2.85. The van der Waals surface area contributed by atoms with Gasteiger partial charge in [0.2, 0.25) is 0 Å². The van der Waals surface area contributed by atoms with E-state index in [1.807, 2.05) is 0 Å². The van der Waals surface area contributed by atoms with Gasteiger partial charge in [-0.1, -0.05) is 27.2 Å². The number of rotatable bonds is 0. The zero-order valence-electron chi connectivity index (χ0n) is 11.0. The first-order valence-electron chi connectivity index (χ1n) is 7.14. The standard InChI is InChI=1S/C15H24O/c1-9-5-6-11-12(13(11,2)3)15-10(9)7-8-14(15,4)16-15/h9-12H,5-8H2,1-4H3/t9-,10-,11?,12+,14?,15?/m0/s1. The molecule has 4 fully saturated rings. The van der Waals surface area contributed by atoms with E-state index in [1.165, 1.54) is 25.7 Å². The molecule has 4 rings (SSSR count). The van der Waals surface area contributed by atoms with E-state index in [-0.39, 0.29) is 5.60 Å². The molecule has 16 heavy (non-hydrogen) atoms. The van der Waals surface area contributed by atoms with Crippen molar-refractivity contribution in [3.8, 4) is 0 Å². The molecule has 0 N–H and O–H groups in total. The molecule has 1 heteroatoms. The Morgan fingerprint density at radius 3 is 2.44 bits per heavy atom. The Kier molecular flexibility index (Phi) is 1.48. The fourth-order valence-electron chi connectivity index (χ4n) is 5.82. The molecule has 0 radical (unpaired) electrons. The lowest BCUT2D eigenvalue weighted by Gasteiger charge is -2.27. The van der Waals surface area contributed by atoms with Crippen LogP contribution in [0.25, 0.3) is 0 Å². The molecule has 3 saturated carbocycles. The summed E-state index contributed by atoms with van der Waals surface area (Å²) in [5.74, 6) is 3.60. The summed E-state index contributed by atoms with van der Waals surface area (Å²) >= 11 is 0. The summed E-state index contributed by atoms with van der Waals surface area (Å²) in [5, 5.41) is 0. The van der Waals surface area contributed by atoms with Crippen LogP contribution in [0.4, 0.5) is 0 Å². The zero-order valence-corrected chi connectivity index (χ0v) is 11.0. The molecule has 0 amide bonds. The molecule has 0 bridgehead atoms. The van der Waals surface area contributed by atoms with Crippen LogP contribution in [0.15, 0.2) is 0 Å². The Labute approximate surface area is 98.9 Å². The van der Waals surface area contributed by atoms with Crippen molar-refractivity contribution in [2.45, 2.75) is 64.6 Å². The van der Waals surface area contributed by atoms with Crippen molar-refractivity contribution in [2.24, 2.45) is 29.1 Å². The summed E-state index contributed by atoms with van der Waals surface area (Å²) < 4.78 is 6.37. The van der Waals surface area contributed by atoms with E-state index >= 15 is 0 Å². The first-order valence-corrected chi connectivity index (χ1v) is 7.14. The van der Waals surface area contributed by atoms with E-state index in [9.17, 15) is 0 Å². The van der Waals surface area contributed by atoms with Crippen LogP contribution in [0.3, 0.4) is 0 Å². The van der Waals surface area contributed by atoms with Gasteiger partial charge in [-0.05, 0) is 55.3 Å². The van der Waals surface area contributed by atoms with E-state index in [2.05, 4.69) is 27.7 Å².